The molecule has 0 aromatic heterocycles. The normalized spacial score (nSPS) is 11.4. The minimum atomic E-state index is -0.890. The first-order chi connectivity index (χ1) is 8.59. The van der Waals surface area contributed by atoms with Crippen LogP contribution in [0, 0.1) is 0 Å². The minimum Gasteiger partial charge on any atom is -0.490 e. The van der Waals surface area contributed by atoms with Crippen LogP contribution < -0.4 is 4.74 Å². The average Bonchev–Trinajstić information content (AvgIpc) is 2.34. The molecule has 1 atom stereocenters. The summed E-state index contributed by atoms with van der Waals surface area (Å²) < 4.78 is 14.9. The monoisotopic (exact) mass is 252 g/mol. The Morgan fingerprint density at radius 2 is 1.83 bits per heavy atom. The summed E-state index contributed by atoms with van der Waals surface area (Å²) in [7, 11) is 0. The van der Waals surface area contributed by atoms with Gasteiger partial charge in [-0.1, -0.05) is 18.2 Å². The lowest BCUT2D eigenvalue weighted by atomic mass is 10.3. The van der Waals surface area contributed by atoms with E-state index in [1.165, 1.54) is 13.8 Å². The van der Waals surface area contributed by atoms with Gasteiger partial charge in [-0.05, 0) is 19.1 Å². The highest BCUT2D eigenvalue weighted by Gasteiger charge is 2.16. The maximum Gasteiger partial charge on any atom is 0.347 e. The predicted molar refractivity (Wildman–Crippen MR) is 64.1 cm³/mol. The Kier molecular flexibility index (Phi) is 5.70. The van der Waals surface area contributed by atoms with Gasteiger partial charge in [0, 0.05) is 6.92 Å². The molecule has 5 heteroatoms. The largest absolute Gasteiger partial charge is 0.490 e. The van der Waals surface area contributed by atoms with Crippen LogP contribution in [-0.4, -0.2) is 31.3 Å². The van der Waals surface area contributed by atoms with Crippen LogP contribution in [0.1, 0.15) is 13.8 Å². The van der Waals surface area contributed by atoms with Gasteiger partial charge in [-0.25, -0.2) is 4.79 Å². The van der Waals surface area contributed by atoms with E-state index in [9.17, 15) is 9.59 Å². The van der Waals surface area contributed by atoms with Crippen molar-refractivity contribution in [3.8, 4) is 5.75 Å². The molecule has 0 heterocycles. The van der Waals surface area contributed by atoms with Gasteiger partial charge in [-0.3, -0.25) is 4.79 Å². The molecule has 0 N–H and O–H groups in total. The molecule has 0 saturated carbocycles. The molecular weight excluding hydrogens is 236 g/mol. The molecule has 98 valence electrons. The van der Waals surface area contributed by atoms with E-state index >= 15 is 0 Å². The first kappa shape index (κ1) is 14.0. The summed E-state index contributed by atoms with van der Waals surface area (Å²) in [5, 5.41) is 0. The molecule has 0 unspecified atom stereocenters. The molecule has 0 fully saturated rings. The van der Waals surface area contributed by atoms with Crippen molar-refractivity contribution in [2.45, 2.75) is 20.0 Å². The Morgan fingerprint density at radius 3 is 2.44 bits per heavy atom. The van der Waals surface area contributed by atoms with Gasteiger partial charge in [0.2, 0.25) is 0 Å². The Balaban J connectivity index is 2.18. The van der Waals surface area contributed by atoms with Gasteiger partial charge in [-0.2, -0.15) is 0 Å². The molecule has 0 aliphatic heterocycles. The van der Waals surface area contributed by atoms with Crippen molar-refractivity contribution in [1.82, 2.24) is 0 Å². The average molecular weight is 252 g/mol. The number of hydrogen-bond acceptors (Lipinski definition) is 5. The summed E-state index contributed by atoms with van der Waals surface area (Å²) in [5.41, 5.74) is 0. The van der Waals surface area contributed by atoms with E-state index in [4.69, 9.17) is 9.47 Å². The topological polar surface area (TPSA) is 61.8 Å². The fourth-order valence-electron chi connectivity index (χ4n) is 1.23. The molecule has 0 spiro atoms. The summed E-state index contributed by atoms with van der Waals surface area (Å²) in [6, 6.07) is 9.20. The van der Waals surface area contributed by atoms with E-state index in [1.807, 2.05) is 30.3 Å². The van der Waals surface area contributed by atoms with Gasteiger partial charge in [0.25, 0.3) is 0 Å². The smallest absolute Gasteiger partial charge is 0.347 e. The first-order valence-corrected chi connectivity index (χ1v) is 5.61. The van der Waals surface area contributed by atoms with Crippen molar-refractivity contribution in [3.63, 3.8) is 0 Å². The number of hydrogen-bond donors (Lipinski definition) is 0. The highest BCUT2D eigenvalue weighted by molar-refractivity contribution is 5.78. The second kappa shape index (κ2) is 7.32. The first-order valence-electron chi connectivity index (χ1n) is 5.61. The molecule has 0 aliphatic rings. The maximum atomic E-state index is 11.3. The number of rotatable bonds is 6. The van der Waals surface area contributed by atoms with Gasteiger partial charge in [0.15, 0.2) is 6.10 Å². The van der Waals surface area contributed by atoms with Crippen LogP contribution in [0.2, 0.25) is 0 Å². The lowest BCUT2D eigenvalue weighted by molar-refractivity contribution is -0.165. The van der Waals surface area contributed by atoms with Crippen molar-refractivity contribution < 1.29 is 23.8 Å². The lowest BCUT2D eigenvalue weighted by Gasteiger charge is -2.11. The third-order valence-electron chi connectivity index (χ3n) is 2.01. The predicted octanol–water partition coefficient (Wildman–Crippen LogP) is 1.56. The van der Waals surface area contributed by atoms with Crippen LogP contribution in [0.4, 0.5) is 0 Å². The molecule has 18 heavy (non-hydrogen) atoms. The van der Waals surface area contributed by atoms with E-state index in [0.717, 1.165) is 0 Å². The molecule has 1 aromatic rings. The Labute approximate surface area is 106 Å². The molecule has 0 saturated heterocycles. The Hall–Kier alpha value is -2.04. The molecular formula is C13H16O5. The van der Waals surface area contributed by atoms with Crippen LogP contribution in [0.15, 0.2) is 30.3 Å². The number of para-hydroxylation sites is 1. The molecule has 0 radical (unpaired) electrons. The van der Waals surface area contributed by atoms with E-state index < -0.39 is 18.0 Å². The van der Waals surface area contributed by atoms with E-state index in [0.29, 0.717) is 5.75 Å². The number of carbonyl (C=O) groups excluding carboxylic acids is 2. The molecule has 1 rings (SSSR count). The Morgan fingerprint density at radius 1 is 1.17 bits per heavy atom. The van der Waals surface area contributed by atoms with E-state index in [2.05, 4.69) is 4.74 Å². The molecule has 0 bridgehead atoms. The summed E-state index contributed by atoms with van der Waals surface area (Å²) >= 11 is 0. The summed E-state index contributed by atoms with van der Waals surface area (Å²) in [5.74, 6) is -0.386. The van der Waals surface area contributed by atoms with Gasteiger partial charge >= 0.3 is 11.9 Å². The fraction of sp³-hybridized carbons (Fsp3) is 0.385. The standard InChI is InChI=1S/C13H16O5/c1-10(18-11(2)14)13(15)17-9-8-16-12-6-4-3-5-7-12/h3-7,10H,8-9H2,1-2H3/t10-/m1/s1. The third-order valence-corrected chi connectivity index (χ3v) is 2.01. The molecule has 0 aliphatic carbocycles. The number of ether oxygens (including phenoxy) is 3. The molecule has 1 aromatic carbocycles. The second-order valence-electron chi connectivity index (χ2n) is 3.58. The van der Waals surface area contributed by atoms with Crippen LogP contribution in [0.3, 0.4) is 0 Å². The van der Waals surface area contributed by atoms with Crippen molar-refractivity contribution in [2.75, 3.05) is 13.2 Å². The van der Waals surface area contributed by atoms with E-state index in [-0.39, 0.29) is 13.2 Å². The summed E-state index contributed by atoms with van der Waals surface area (Å²) in [6.07, 6.45) is -0.890. The van der Waals surface area contributed by atoms with Crippen LogP contribution in [0.5, 0.6) is 5.75 Å². The number of carbonyl (C=O) groups is 2. The van der Waals surface area contributed by atoms with Crippen molar-refractivity contribution >= 4 is 11.9 Å². The molecule has 5 nitrogen and oxygen atoms in total. The van der Waals surface area contributed by atoms with Crippen molar-refractivity contribution in [3.05, 3.63) is 30.3 Å². The summed E-state index contributed by atoms with van der Waals surface area (Å²) in [6.45, 7) is 3.06. The maximum absolute atomic E-state index is 11.3. The van der Waals surface area contributed by atoms with Crippen molar-refractivity contribution in [2.24, 2.45) is 0 Å². The zero-order valence-electron chi connectivity index (χ0n) is 10.4. The SMILES string of the molecule is CC(=O)O[C@H](C)C(=O)OCCOc1ccccc1. The van der Waals surface area contributed by atoms with Gasteiger partial charge in [0.05, 0.1) is 0 Å². The third kappa shape index (κ3) is 5.34. The second-order valence-corrected chi connectivity index (χ2v) is 3.58. The van der Waals surface area contributed by atoms with Crippen LogP contribution >= 0.6 is 0 Å². The quantitative estimate of drug-likeness (QED) is 0.568. The van der Waals surface area contributed by atoms with Gasteiger partial charge in [0.1, 0.15) is 19.0 Å². The van der Waals surface area contributed by atoms with Crippen molar-refractivity contribution in [1.29, 1.82) is 0 Å². The highest BCUT2D eigenvalue weighted by Crippen LogP contribution is 2.07. The number of esters is 2. The summed E-state index contributed by atoms with van der Waals surface area (Å²) in [4.78, 5) is 22.0. The molecule has 0 amide bonds. The lowest BCUT2D eigenvalue weighted by Crippen LogP contribution is -2.26. The zero-order valence-corrected chi connectivity index (χ0v) is 10.4. The van der Waals surface area contributed by atoms with Gasteiger partial charge in [-0.15, -0.1) is 0 Å². The number of benzene rings is 1. The van der Waals surface area contributed by atoms with Crippen LogP contribution in [0.25, 0.3) is 0 Å². The van der Waals surface area contributed by atoms with Crippen LogP contribution in [-0.2, 0) is 19.1 Å². The van der Waals surface area contributed by atoms with E-state index in [1.54, 1.807) is 0 Å². The minimum absolute atomic E-state index is 0.110. The fourth-order valence-corrected chi connectivity index (χ4v) is 1.23. The van der Waals surface area contributed by atoms with Gasteiger partial charge < -0.3 is 14.2 Å². The highest BCUT2D eigenvalue weighted by atomic mass is 16.6. The Bertz CT molecular complexity index is 388. The zero-order chi connectivity index (χ0) is 13.4.